The second-order valence-electron chi connectivity index (χ2n) is 6.98. The van der Waals surface area contributed by atoms with Crippen LogP contribution in [0.25, 0.3) is 16.7 Å². The van der Waals surface area contributed by atoms with E-state index in [1.165, 1.54) is 4.80 Å². The van der Waals surface area contributed by atoms with E-state index in [1.54, 1.807) is 36.4 Å². The first-order valence-corrected chi connectivity index (χ1v) is 11.0. The zero-order valence-corrected chi connectivity index (χ0v) is 19.2. The Labute approximate surface area is 197 Å². The van der Waals surface area contributed by atoms with Crippen molar-refractivity contribution in [3.8, 4) is 17.2 Å². The maximum absolute atomic E-state index is 10.8. The van der Waals surface area contributed by atoms with Crippen LogP contribution in [0, 0.1) is 0 Å². The van der Waals surface area contributed by atoms with Crippen LogP contribution in [0.5, 0.6) is 11.5 Å². The van der Waals surface area contributed by atoms with Gasteiger partial charge in [0.2, 0.25) is 0 Å². The first kappa shape index (κ1) is 22.1. The molecule has 32 heavy (non-hydrogen) atoms. The molecule has 0 aliphatic heterocycles. The number of carbonyl (C=O) groups is 1. The van der Waals surface area contributed by atoms with E-state index in [-0.39, 0.29) is 6.42 Å². The van der Waals surface area contributed by atoms with E-state index in [1.807, 2.05) is 24.3 Å². The van der Waals surface area contributed by atoms with Crippen molar-refractivity contribution in [1.82, 2.24) is 15.0 Å². The Morgan fingerprint density at radius 2 is 1.62 bits per heavy atom. The Kier molecular flexibility index (Phi) is 6.92. The standard InChI is InChI=1S/C23H19BrClN3O4/c24-17-12-15(13-23(29)30)6-8-21(17)31-10-3-11-32-22-9-7-16(25)14-20(22)28-26-18-4-1-2-5-19(18)27-28/h1-2,4-9,12,14H,3,10-11,13H2,(H,29,30). The van der Waals surface area contributed by atoms with E-state index >= 15 is 0 Å². The molecule has 0 atom stereocenters. The third-order valence-corrected chi connectivity index (χ3v) is 5.43. The number of halogens is 2. The first-order chi connectivity index (χ1) is 15.5. The SMILES string of the molecule is O=C(O)Cc1ccc(OCCCOc2ccc(Cl)cc2-n2nc3ccccc3n2)c(Br)c1. The van der Waals surface area contributed by atoms with Crippen LogP contribution < -0.4 is 9.47 Å². The number of ether oxygens (including phenoxy) is 2. The molecule has 0 aliphatic rings. The van der Waals surface area contributed by atoms with Crippen LogP contribution in [0.2, 0.25) is 5.02 Å². The molecule has 1 N–H and O–H groups in total. The molecule has 0 radical (unpaired) electrons. The molecule has 0 saturated heterocycles. The molecule has 4 rings (SSSR count). The number of fused-ring (bicyclic) bond motifs is 1. The number of carboxylic acids is 1. The van der Waals surface area contributed by atoms with Gasteiger partial charge in [0, 0.05) is 11.4 Å². The van der Waals surface area contributed by atoms with Crippen LogP contribution in [-0.4, -0.2) is 39.3 Å². The van der Waals surface area contributed by atoms with E-state index < -0.39 is 5.97 Å². The number of aliphatic carboxylic acids is 1. The molecular formula is C23H19BrClN3O4. The van der Waals surface area contributed by atoms with E-state index in [0.717, 1.165) is 11.0 Å². The fourth-order valence-corrected chi connectivity index (χ4v) is 3.81. The smallest absolute Gasteiger partial charge is 0.307 e. The molecule has 0 saturated carbocycles. The van der Waals surface area contributed by atoms with Gasteiger partial charge in [-0.2, -0.15) is 0 Å². The highest BCUT2D eigenvalue weighted by Gasteiger charge is 2.12. The second-order valence-corrected chi connectivity index (χ2v) is 8.27. The highest BCUT2D eigenvalue weighted by Crippen LogP contribution is 2.28. The van der Waals surface area contributed by atoms with Crippen LogP contribution in [-0.2, 0) is 11.2 Å². The Morgan fingerprint density at radius 1 is 0.969 bits per heavy atom. The van der Waals surface area contributed by atoms with Gasteiger partial charge in [-0.1, -0.05) is 29.8 Å². The molecule has 0 bridgehead atoms. The van der Waals surface area contributed by atoms with Crippen molar-refractivity contribution in [3.63, 3.8) is 0 Å². The summed E-state index contributed by atoms with van der Waals surface area (Å²) in [5, 5.41) is 18.5. The third kappa shape index (κ3) is 5.38. The van der Waals surface area contributed by atoms with E-state index in [4.69, 9.17) is 26.2 Å². The summed E-state index contributed by atoms with van der Waals surface area (Å²) in [5.74, 6) is 0.398. The normalized spacial score (nSPS) is 10.9. The van der Waals surface area contributed by atoms with Gasteiger partial charge in [0.25, 0.3) is 0 Å². The fourth-order valence-electron chi connectivity index (χ4n) is 3.11. The summed E-state index contributed by atoms with van der Waals surface area (Å²) in [6.45, 7) is 0.855. The van der Waals surface area contributed by atoms with Crippen LogP contribution in [0.15, 0.2) is 65.1 Å². The Hall–Kier alpha value is -3.10. The highest BCUT2D eigenvalue weighted by atomic mass is 79.9. The summed E-state index contributed by atoms with van der Waals surface area (Å²) in [6.07, 6.45) is 0.608. The predicted molar refractivity (Wildman–Crippen MR) is 125 cm³/mol. The first-order valence-electron chi connectivity index (χ1n) is 9.87. The van der Waals surface area contributed by atoms with Crippen molar-refractivity contribution in [2.45, 2.75) is 12.8 Å². The second kappa shape index (κ2) is 10.0. The van der Waals surface area contributed by atoms with Crippen LogP contribution in [0.4, 0.5) is 0 Å². The lowest BCUT2D eigenvalue weighted by molar-refractivity contribution is -0.136. The zero-order chi connectivity index (χ0) is 22.5. The fraction of sp³-hybridized carbons (Fsp3) is 0.174. The number of aromatic nitrogens is 3. The summed E-state index contributed by atoms with van der Waals surface area (Å²) in [5.41, 5.74) is 2.93. The monoisotopic (exact) mass is 515 g/mol. The minimum absolute atomic E-state index is 0.0309. The van der Waals surface area contributed by atoms with E-state index in [9.17, 15) is 4.79 Å². The van der Waals surface area contributed by atoms with Gasteiger partial charge < -0.3 is 14.6 Å². The maximum Gasteiger partial charge on any atom is 0.307 e. The summed E-state index contributed by atoms with van der Waals surface area (Å²) in [7, 11) is 0. The molecule has 0 spiro atoms. The Balaban J connectivity index is 1.36. The van der Waals surface area contributed by atoms with Crippen molar-refractivity contribution in [2.75, 3.05) is 13.2 Å². The minimum atomic E-state index is -0.873. The minimum Gasteiger partial charge on any atom is -0.492 e. The molecule has 0 unspecified atom stereocenters. The molecule has 7 nitrogen and oxygen atoms in total. The van der Waals surface area contributed by atoms with Crippen molar-refractivity contribution in [1.29, 1.82) is 0 Å². The van der Waals surface area contributed by atoms with Crippen molar-refractivity contribution in [2.24, 2.45) is 0 Å². The van der Waals surface area contributed by atoms with Gasteiger partial charge >= 0.3 is 5.97 Å². The molecule has 0 amide bonds. The number of hydrogen-bond donors (Lipinski definition) is 1. The van der Waals surface area contributed by atoms with Crippen LogP contribution in [0.1, 0.15) is 12.0 Å². The topological polar surface area (TPSA) is 86.5 Å². The summed E-state index contributed by atoms with van der Waals surface area (Å²) in [6, 6.07) is 18.2. The Bertz CT molecular complexity index is 1230. The Morgan fingerprint density at radius 3 is 2.28 bits per heavy atom. The van der Waals surface area contributed by atoms with Gasteiger partial charge in [0.15, 0.2) is 0 Å². The number of rotatable bonds is 9. The van der Waals surface area contributed by atoms with Gasteiger partial charge in [-0.25, -0.2) is 0 Å². The van der Waals surface area contributed by atoms with Crippen molar-refractivity contribution in [3.05, 3.63) is 75.7 Å². The summed E-state index contributed by atoms with van der Waals surface area (Å²) >= 11 is 9.61. The number of hydrogen-bond acceptors (Lipinski definition) is 5. The largest absolute Gasteiger partial charge is 0.492 e. The molecule has 0 aliphatic carbocycles. The molecule has 1 aromatic heterocycles. The average molecular weight is 517 g/mol. The lowest BCUT2D eigenvalue weighted by atomic mass is 10.1. The van der Waals surface area contributed by atoms with E-state index in [2.05, 4.69) is 26.1 Å². The molecule has 1 heterocycles. The quantitative estimate of drug-likeness (QED) is 0.303. The molecule has 3 aromatic carbocycles. The van der Waals surface area contributed by atoms with E-state index in [0.29, 0.717) is 51.9 Å². The lowest BCUT2D eigenvalue weighted by Crippen LogP contribution is -2.08. The number of benzene rings is 3. The molecule has 164 valence electrons. The summed E-state index contributed by atoms with van der Waals surface area (Å²) in [4.78, 5) is 12.4. The number of nitrogens with zero attached hydrogens (tertiary/aromatic N) is 3. The van der Waals surface area contributed by atoms with Crippen molar-refractivity contribution >= 4 is 44.5 Å². The highest BCUT2D eigenvalue weighted by molar-refractivity contribution is 9.10. The molecule has 9 heteroatoms. The van der Waals surface area contributed by atoms with Gasteiger partial charge in [0.1, 0.15) is 28.2 Å². The van der Waals surface area contributed by atoms with Crippen molar-refractivity contribution < 1.29 is 19.4 Å². The van der Waals surface area contributed by atoms with Crippen LogP contribution in [0.3, 0.4) is 0 Å². The summed E-state index contributed by atoms with van der Waals surface area (Å²) < 4.78 is 12.5. The number of carboxylic acid groups (broad SMARTS) is 1. The zero-order valence-electron chi connectivity index (χ0n) is 16.9. The van der Waals surface area contributed by atoms with Gasteiger partial charge in [-0.05, 0) is 64.0 Å². The lowest BCUT2D eigenvalue weighted by Gasteiger charge is -2.12. The third-order valence-electron chi connectivity index (χ3n) is 4.58. The average Bonchev–Trinajstić information content (AvgIpc) is 3.19. The van der Waals surface area contributed by atoms with Crippen LogP contribution >= 0.6 is 27.5 Å². The molecule has 4 aromatic rings. The molecular weight excluding hydrogens is 498 g/mol. The van der Waals surface area contributed by atoms with Gasteiger partial charge in [-0.3, -0.25) is 4.79 Å². The predicted octanol–water partition coefficient (Wildman–Crippen LogP) is 5.31. The van der Waals surface area contributed by atoms with Gasteiger partial charge in [-0.15, -0.1) is 15.0 Å². The van der Waals surface area contributed by atoms with Gasteiger partial charge in [0.05, 0.1) is 24.1 Å². The maximum atomic E-state index is 10.8. The molecule has 0 fully saturated rings.